The number of hydrazone groups is 1. The maximum Gasteiger partial charge on any atom is 0.261 e. The monoisotopic (exact) mass is 326 g/mol. The van der Waals surface area contributed by atoms with Gasteiger partial charge in [-0.3, -0.25) is 9.48 Å². The number of nitrogens with zero attached hydrogens (tertiary/aromatic N) is 3. The van der Waals surface area contributed by atoms with Gasteiger partial charge in [-0.15, -0.1) is 0 Å². The highest BCUT2D eigenvalue weighted by atomic mass is 79.9. The Morgan fingerprint density at radius 3 is 2.63 bits per heavy atom. The summed E-state index contributed by atoms with van der Waals surface area (Å²) in [5.74, 6) is -0.129. The predicted molar refractivity (Wildman–Crippen MR) is 78.1 cm³/mol. The second-order valence-corrected chi connectivity index (χ2v) is 5.71. The van der Waals surface area contributed by atoms with Crippen LogP contribution in [0.2, 0.25) is 0 Å². The van der Waals surface area contributed by atoms with Crippen LogP contribution in [-0.2, 0) is 11.3 Å². The molecule has 6 heteroatoms. The highest BCUT2D eigenvalue weighted by Gasteiger charge is 2.12. The first-order valence-electron chi connectivity index (χ1n) is 6.61. The molecule has 1 aromatic rings. The lowest BCUT2D eigenvalue weighted by Gasteiger charge is -2.12. The Bertz CT molecular complexity index is 499. The van der Waals surface area contributed by atoms with Crippen LogP contribution in [0.1, 0.15) is 43.5 Å². The molecular weight excluding hydrogens is 308 g/mol. The van der Waals surface area contributed by atoms with Crippen molar-refractivity contribution in [2.24, 2.45) is 5.10 Å². The normalized spacial score (nSPS) is 15.4. The minimum Gasteiger partial charge on any atom is -0.271 e. The number of carbonyl (C=O) groups is 1. The van der Waals surface area contributed by atoms with Crippen LogP contribution in [0.3, 0.4) is 0 Å². The number of aromatic nitrogens is 2. The Labute approximate surface area is 121 Å². The highest BCUT2D eigenvalue weighted by Crippen LogP contribution is 2.19. The average molecular weight is 327 g/mol. The Morgan fingerprint density at radius 1 is 1.37 bits per heavy atom. The van der Waals surface area contributed by atoms with Crippen LogP contribution in [0.5, 0.6) is 0 Å². The SMILES string of the molecule is Cc1nn(CC(=O)NN=C2CCCCC2)c(C)c1Br. The molecule has 2 rings (SSSR count). The number of nitrogens with one attached hydrogen (secondary N) is 1. The van der Waals surface area contributed by atoms with Crippen LogP contribution < -0.4 is 5.43 Å². The fourth-order valence-corrected chi connectivity index (χ4v) is 2.50. The lowest BCUT2D eigenvalue weighted by atomic mass is 9.99. The molecule has 0 radical (unpaired) electrons. The van der Waals surface area contributed by atoms with Crippen molar-refractivity contribution in [2.45, 2.75) is 52.5 Å². The molecule has 1 fully saturated rings. The summed E-state index contributed by atoms with van der Waals surface area (Å²) in [4.78, 5) is 11.8. The van der Waals surface area contributed by atoms with Gasteiger partial charge in [0.1, 0.15) is 6.54 Å². The molecule has 0 aromatic carbocycles. The molecule has 0 unspecified atom stereocenters. The largest absolute Gasteiger partial charge is 0.271 e. The molecule has 0 aliphatic heterocycles. The molecule has 19 heavy (non-hydrogen) atoms. The Hall–Kier alpha value is -1.17. The van der Waals surface area contributed by atoms with E-state index in [-0.39, 0.29) is 12.5 Å². The van der Waals surface area contributed by atoms with Crippen molar-refractivity contribution in [1.82, 2.24) is 15.2 Å². The quantitative estimate of drug-likeness (QED) is 0.868. The van der Waals surface area contributed by atoms with Crippen molar-refractivity contribution in [3.63, 3.8) is 0 Å². The lowest BCUT2D eigenvalue weighted by molar-refractivity contribution is -0.121. The molecule has 1 aromatic heterocycles. The predicted octanol–water partition coefficient (Wildman–Crippen LogP) is 2.70. The smallest absolute Gasteiger partial charge is 0.261 e. The fraction of sp³-hybridized carbons (Fsp3) is 0.615. The van der Waals surface area contributed by atoms with Crippen LogP contribution in [0.25, 0.3) is 0 Å². The third kappa shape index (κ3) is 3.65. The number of amides is 1. The maximum absolute atomic E-state index is 11.8. The molecule has 1 amide bonds. The van der Waals surface area contributed by atoms with E-state index in [2.05, 4.69) is 31.6 Å². The number of rotatable bonds is 3. The first-order chi connectivity index (χ1) is 9.08. The van der Waals surface area contributed by atoms with Gasteiger partial charge in [0.25, 0.3) is 5.91 Å². The zero-order chi connectivity index (χ0) is 13.8. The van der Waals surface area contributed by atoms with E-state index in [4.69, 9.17) is 0 Å². The van der Waals surface area contributed by atoms with Gasteiger partial charge < -0.3 is 0 Å². The van der Waals surface area contributed by atoms with Gasteiger partial charge in [-0.2, -0.15) is 10.2 Å². The minimum atomic E-state index is -0.129. The maximum atomic E-state index is 11.8. The third-order valence-electron chi connectivity index (χ3n) is 3.36. The minimum absolute atomic E-state index is 0.129. The number of carbonyl (C=O) groups excluding carboxylic acids is 1. The van der Waals surface area contributed by atoms with Crippen molar-refractivity contribution < 1.29 is 4.79 Å². The summed E-state index contributed by atoms with van der Waals surface area (Å²) in [5, 5.41) is 8.51. The van der Waals surface area contributed by atoms with E-state index in [0.29, 0.717) is 0 Å². The van der Waals surface area contributed by atoms with Crippen molar-refractivity contribution in [3.8, 4) is 0 Å². The van der Waals surface area contributed by atoms with E-state index >= 15 is 0 Å². The molecule has 1 aliphatic rings. The fourth-order valence-electron chi connectivity index (χ4n) is 2.21. The molecule has 0 atom stereocenters. The summed E-state index contributed by atoms with van der Waals surface area (Å²) < 4.78 is 2.65. The van der Waals surface area contributed by atoms with Crippen molar-refractivity contribution >= 4 is 27.5 Å². The van der Waals surface area contributed by atoms with Gasteiger partial charge in [0, 0.05) is 5.71 Å². The molecule has 5 nitrogen and oxygen atoms in total. The number of hydrogen-bond donors (Lipinski definition) is 1. The molecule has 1 aliphatic carbocycles. The van der Waals surface area contributed by atoms with E-state index < -0.39 is 0 Å². The van der Waals surface area contributed by atoms with Crippen LogP contribution >= 0.6 is 15.9 Å². The van der Waals surface area contributed by atoms with Gasteiger partial charge in [-0.25, -0.2) is 5.43 Å². The second-order valence-electron chi connectivity index (χ2n) is 4.92. The average Bonchev–Trinajstić information content (AvgIpc) is 2.65. The second kappa shape index (κ2) is 6.32. The van der Waals surface area contributed by atoms with Gasteiger partial charge in [0.2, 0.25) is 0 Å². The number of hydrogen-bond acceptors (Lipinski definition) is 3. The molecule has 1 saturated carbocycles. The summed E-state index contributed by atoms with van der Waals surface area (Å²) in [6.45, 7) is 4.05. The Kier molecular flexibility index (Phi) is 4.74. The topological polar surface area (TPSA) is 59.3 Å². The van der Waals surface area contributed by atoms with Gasteiger partial charge in [0.05, 0.1) is 15.9 Å². The zero-order valence-corrected chi connectivity index (χ0v) is 13.0. The summed E-state index contributed by atoms with van der Waals surface area (Å²) in [7, 11) is 0. The first-order valence-corrected chi connectivity index (χ1v) is 7.41. The standard InChI is InChI=1S/C13H19BrN4O/c1-9-13(14)10(2)18(17-9)8-12(19)16-15-11-6-4-3-5-7-11/h3-8H2,1-2H3,(H,16,19). The summed E-state index contributed by atoms with van der Waals surface area (Å²) in [5.41, 5.74) is 5.58. The molecule has 0 spiro atoms. The van der Waals surface area contributed by atoms with Crippen molar-refractivity contribution in [3.05, 3.63) is 15.9 Å². The third-order valence-corrected chi connectivity index (χ3v) is 4.50. The van der Waals surface area contributed by atoms with Gasteiger partial charge in [0.15, 0.2) is 0 Å². The molecule has 1 N–H and O–H groups in total. The molecule has 0 saturated heterocycles. The molecular formula is C13H19BrN4O. The molecule has 0 bridgehead atoms. The van der Waals surface area contributed by atoms with Gasteiger partial charge in [-0.05, 0) is 55.5 Å². The molecule has 1 heterocycles. The summed E-state index contributed by atoms with van der Waals surface area (Å²) in [6.07, 6.45) is 5.64. The van der Waals surface area contributed by atoms with E-state index in [0.717, 1.165) is 34.4 Å². The van der Waals surface area contributed by atoms with Crippen LogP contribution in [-0.4, -0.2) is 21.4 Å². The van der Waals surface area contributed by atoms with E-state index in [1.165, 1.54) is 19.3 Å². The van der Waals surface area contributed by atoms with Crippen molar-refractivity contribution in [1.29, 1.82) is 0 Å². The Morgan fingerprint density at radius 2 is 2.05 bits per heavy atom. The number of halogens is 1. The molecule has 104 valence electrons. The highest BCUT2D eigenvalue weighted by molar-refractivity contribution is 9.10. The van der Waals surface area contributed by atoms with Crippen LogP contribution in [0, 0.1) is 13.8 Å². The Balaban J connectivity index is 1.92. The van der Waals surface area contributed by atoms with Crippen molar-refractivity contribution in [2.75, 3.05) is 0 Å². The van der Waals surface area contributed by atoms with Gasteiger partial charge >= 0.3 is 0 Å². The van der Waals surface area contributed by atoms with E-state index in [9.17, 15) is 4.79 Å². The number of aryl methyl sites for hydroxylation is 1. The summed E-state index contributed by atoms with van der Waals surface area (Å²) >= 11 is 3.45. The first kappa shape index (κ1) is 14.2. The lowest BCUT2D eigenvalue weighted by Crippen LogP contribution is -2.26. The zero-order valence-electron chi connectivity index (χ0n) is 11.4. The summed E-state index contributed by atoms with van der Waals surface area (Å²) in [6, 6.07) is 0. The van der Waals surface area contributed by atoms with E-state index in [1.807, 2.05) is 13.8 Å². The van der Waals surface area contributed by atoms with Gasteiger partial charge in [-0.1, -0.05) is 6.42 Å². The van der Waals surface area contributed by atoms with Crippen LogP contribution in [0.4, 0.5) is 0 Å². The van der Waals surface area contributed by atoms with E-state index in [1.54, 1.807) is 4.68 Å². The van der Waals surface area contributed by atoms with Crippen LogP contribution in [0.15, 0.2) is 9.57 Å².